The molecule has 0 spiro atoms. The predicted octanol–water partition coefficient (Wildman–Crippen LogP) is 3.60. The largest absolute Gasteiger partial charge is 0.394 e. The van der Waals surface area contributed by atoms with Gasteiger partial charge in [0.05, 0.1) is 25.9 Å². The zero-order valence-corrected chi connectivity index (χ0v) is 22.1. The van der Waals surface area contributed by atoms with Crippen molar-refractivity contribution in [1.82, 2.24) is 4.90 Å². The Morgan fingerprint density at radius 2 is 1.83 bits per heavy atom. The van der Waals surface area contributed by atoms with Crippen LogP contribution in [0.15, 0.2) is 34.5 Å². The Morgan fingerprint density at radius 3 is 2.51 bits per heavy atom. The zero-order valence-electron chi connectivity index (χ0n) is 22.1. The number of aryl methyl sites for hydroxylation is 1. The topological polar surface area (TPSA) is 91.4 Å². The van der Waals surface area contributed by atoms with Crippen LogP contribution < -0.4 is 10.6 Å². The van der Waals surface area contributed by atoms with Gasteiger partial charge < -0.3 is 25.4 Å². The summed E-state index contributed by atoms with van der Waals surface area (Å²) in [6, 6.07) is 6.47. The fraction of sp³-hybridized carbons (Fsp3) is 0.643. The first-order valence-electron chi connectivity index (χ1n) is 13.3. The van der Waals surface area contributed by atoms with Crippen molar-refractivity contribution in [3.8, 4) is 0 Å². The summed E-state index contributed by atoms with van der Waals surface area (Å²) in [7, 11) is 0. The number of carbonyl (C=O) groups excluding carboxylic acids is 1. The van der Waals surface area contributed by atoms with Gasteiger partial charge in [0.2, 0.25) is 0 Å². The molecule has 1 atom stereocenters. The summed E-state index contributed by atoms with van der Waals surface area (Å²) >= 11 is 0. The molecule has 194 valence electrons. The lowest BCUT2D eigenvalue weighted by Crippen LogP contribution is -2.43. The second-order valence-electron chi connectivity index (χ2n) is 9.55. The van der Waals surface area contributed by atoms with Crippen LogP contribution in [-0.2, 0) is 9.53 Å². The van der Waals surface area contributed by atoms with Gasteiger partial charge in [-0.3, -0.25) is 9.79 Å². The van der Waals surface area contributed by atoms with Gasteiger partial charge >= 0.3 is 0 Å². The minimum Gasteiger partial charge on any atom is -0.394 e. The van der Waals surface area contributed by atoms with Crippen LogP contribution in [0.1, 0.15) is 57.1 Å². The van der Waals surface area contributed by atoms with Crippen LogP contribution >= 0.6 is 0 Å². The van der Waals surface area contributed by atoms with Crippen LogP contribution in [0.25, 0.3) is 0 Å². The number of amides is 1. The number of rotatable bonds is 5. The van der Waals surface area contributed by atoms with E-state index >= 15 is 0 Å². The molecule has 2 heterocycles. The molecule has 1 aromatic rings. The number of nitrogens with two attached hydrogens (primary N) is 1. The van der Waals surface area contributed by atoms with Crippen molar-refractivity contribution >= 4 is 17.3 Å². The highest BCUT2D eigenvalue weighted by Gasteiger charge is 2.28. The number of ether oxygens (including phenoxy) is 1. The third-order valence-electron chi connectivity index (χ3n) is 7.51. The summed E-state index contributed by atoms with van der Waals surface area (Å²) in [5.41, 5.74) is 12.4. The Hall–Kier alpha value is -2.38. The lowest BCUT2D eigenvalue weighted by Gasteiger charge is -2.36. The maximum atomic E-state index is 12.8. The predicted molar refractivity (Wildman–Crippen MR) is 143 cm³/mol. The number of benzene rings is 1. The van der Waals surface area contributed by atoms with Crippen molar-refractivity contribution < 1.29 is 14.6 Å². The second kappa shape index (κ2) is 13.1. The summed E-state index contributed by atoms with van der Waals surface area (Å²) in [5.74, 6) is 0.138. The molecule has 0 bridgehead atoms. The average molecular weight is 485 g/mol. The highest BCUT2D eigenvalue weighted by molar-refractivity contribution is 6.09. The molecule has 4 rings (SSSR count). The number of nitrogens with zero attached hydrogens (tertiary/aromatic N) is 3. The summed E-state index contributed by atoms with van der Waals surface area (Å²) < 4.78 is 5.34. The van der Waals surface area contributed by atoms with Crippen molar-refractivity contribution in [2.24, 2.45) is 16.6 Å². The number of anilines is 1. The van der Waals surface area contributed by atoms with E-state index in [0.717, 1.165) is 56.5 Å². The third kappa shape index (κ3) is 6.64. The molecule has 0 radical (unpaired) electrons. The third-order valence-corrected chi connectivity index (χ3v) is 7.51. The Balaban J connectivity index is 0.00000167. The van der Waals surface area contributed by atoms with E-state index in [-0.39, 0.29) is 11.8 Å². The van der Waals surface area contributed by atoms with Crippen LogP contribution in [0.3, 0.4) is 0 Å². The fourth-order valence-corrected chi connectivity index (χ4v) is 5.21. The van der Waals surface area contributed by atoms with E-state index in [4.69, 9.17) is 15.5 Å². The first-order chi connectivity index (χ1) is 17.0. The molecular formula is C28H44N4O3. The summed E-state index contributed by atoms with van der Waals surface area (Å²) in [5, 5.41) is 10.9. The van der Waals surface area contributed by atoms with E-state index in [0.29, 0.717) is 38.5 Å². The monoisotopic (exact) mass is 484 g/mol. The first-order valence-corrected chi connectivity index (χ1v) is 13.3. The molecule has 1 saturated carbocycles. The van der Waals surface area contributed by atoms with Crippen LogP contribution in [0, 0.1) is 19.8 Å². The molecule has 7 heteroatoms. The van der Waals surface area contributed by atoms with Crippen LogP contribution in [0.5, 0.6) is 0 Å². The van der Waals surface area contributed by atoms with Gasteiger partial charge in [-0.2, -0.15) is 0 Å². The maximum Gasteiger partial charge on any atom is 0.270 e. The molecule has 3 aliphatic rings. The van der Waals surface area contributed by atoms with Gasteiger partial charge in [-0.1, -0.05) is 26.0 Å². The zero-order chi connectivity index (χ0) is 25.4. The van der Waals surface area contributed by atoms with Crippen molar-refractivity contribution in [1.29, 1.82) is 0 Å². The number of aliphatic hydroxyl groups excluding tert-OH is 1. The van der Waals surface area contributed by atoms with Crippen LogP contribution in [-0.4, -0.2) is 73.7 Å². The smallest absolute Gasteiger partial charge is 0.270 e. The number of hydrogen-bond donors (Lipinski definition) is 2. The molecular weight excluding hydrogens is 440 g/mol. The summed E-state index contributed by atoms with van der Waals surface area (Å²) in [6.07, 6.45) is 4.01. The number of morpholine rings is 1. The molecule has 3 fully saturated rings. The number of aliphatic hydroxyl groups is 1. The van der Waals surface area contributed by atoms with E-state index in [1.54, 1.807) is 4.90 Å². The van der Waals surface area contributed by atoms with Gasteiger partial charge in [0.25, 0.3) is 5.91 Å². The summed E-state index contributed by atoms with van der Waals surface area (Å²) in [4.78, 5) is 21.7. The molecule has 35 heavy (non-hydrogen) atoms. The van der Waals surface area contributed by atoms with E-state index in [1.807, 2.05) is 13.8 Å². The van der Waals surface area contributed by atoms with Gasteiger partial charge in [0.15, 0.2) is 0 Å². The minimum absolute atomic E-state index is 0.109. The number of allylic oxidation sites excluding steroid dienone is 1. The van der Waals surface area contributed by atoms with Gasteiger partial charge in [-0.15, -0.1) is 0 Å². The van der Waals surface area contributed by atoms with Gasteiger partial charge in [-0.25, -0.2) is 0 Å². The molecule has 7 nitrogen and oxygen atoms in total. The van der Waals surface area contributed by atoms with Gasteiger partial charge in [-0.05, 0) is 69.1 Å². The first kappa shape index (κ1) is 27.2. The highest BCUT2D eigenvalue weighted by Crippen LogP contribution is 2.30. The quantitative estimate of drug-likeness (QED) is 0.623. The lowest BCUT2D eigenvalue weighted by atomic mass is 9.90. The van der Waals surface area contributed by atoms with E-state index in [2.05, 4.69) is 36.9 Å². The number of aliphatic imine (C=N–C) groups is 1. The minimum atomic E-state index is -0.462. The van der Waals surface area contributed by atoms with Gasteiger partial charge in [0, 0.05) is 43.2 Å². The van der Waals surface area contributed by atoms with Crippen molar-refractivity contribution in [3.63, 3.8) is 0 Å². The molecule has 1 amide bonds. The molecule has 0 aromatic heterocycles. The lowest BCUT2D eigenvalue weighted by molar-refractivity contribution is -0.131. The van der Waals surface area contributed by atoms with Crippen molar-refractivity contribution in [2.75, 3.05) is 50.8 Å². The molecule has 2 aliphatic heterocycles. The maximum absolute atomic E-state index is 12.8. The molecule has 2 saturated heterocycles. The van der Waals surface area contributed by atoms with E-state index in [9.17, 15) is 9.90 Å². The number of piperidine rings is 1. The average Bonchev–Trinajstić information content (AvgIpc) is 3.38. The van der Waals surface area contributed by atoms with Crippen LogP contribution in [0.4, 0.5) is 5.69 Å². The highest BCUT2D eigenvalue weighted by atomic mass is 16.5. The summed E-state index contributed by atoms with van der Waals surface area (Å²) in [6.45, 7) is 12.9. The van der Waals surface area contributed by atoms with Crippen molar-refractivity contribution in [2.45, 2.75) is 65.9 Å². The Morgan fingerprint density at radius 1 is 1.14 bits per heavy atom. The Labute approximate surface area is 211 Å². The molecule has 1 unspecified atom stereocenters. The number of carbonyl (C=O) groups is 1. The molecule has 1 aromatic carbocycles. The molecule has 3 N–H and O–H groups in total. The SMILES string of the molecule is CC.Cc1cccc(N2CCC(C(O)CN=C3CCC/C3=C(/N)C(=O)N3CCOCC3)CC2)c1C. The van der Waals surface area contributed by atoms with Crippen LogP contribution in [0.2, 0.25) is 0 Å². The standard InChI is InChI=1S/C26H38N4O3.C2H6/c1-18-5-3-8-23(19(18)2)29-11-9-20(10-12-29)24(31)17-28-22-7-4-6-21(22)25(27)26(32)30-13-15-33-16-14-30;1-2/h3,5,8,20,24,31H,4,6-7,9-17,27H2,1-2H3;1-2H3/b25-21-,28-22?;. The van der Waals surface area contributed by atoms with Crippen molar-refractivity contribution in [3.05, 3.63) is 40.6 Å². The molecule has 1 aliphatic carbocycles. The van der Waals surface area contributed by atoms with Gasteiger partial charge in [0.1, 0.15) is 5.70 Å². The Bertz CT molecular complexity index is 913. The normalized spacial score (nSPS) is 22.6. The van der Waals surface area contributed by atoms with E-state index < -0.39 is 6.10 Å². The second-order valence-corrected chi connectivity index (χ2v) is 9.55. The Kier molecular flexibility index (Phi) is 10.2. The fourth-order valence-electron chi connectivity index (χ4n) is 5.21. The van der Waals surface area contributed by atoms with E-state index in [1.165, 1.54) is 16.8 Å². The number of hydrogen-bond acceptors (Lipinski definition) is 6.